The maximum Gasteiger partial charge on any atom is 0.314 e. The summed E-state index contributed by atoms with van der Waals surface area (Å²) in [6.07, 6.45) is -0.158. The van der Waals surface area contributed by atoms with Crippen LogP contribution in [0.2, 0.25) is 0 Å². The molecule has 5 heteroatoms. The Labute approximate surface area is 124 Å². The van der Waals surface area contributed by atoms with Crippen LogP contribution in [0.25, 0.3) is 0 Å². The van der Waals surface area contributed by atoms with Crippen molar-refractivity contribution in [3.05, 3.63) is 23.8 Å². The quantitative estimate of drug-likeness (QED) is 0.864. The molecule has 1 aliphatic rings. The Hall–Kier alpha value is -1.75. The van der Waals surface area contributed by atoms with E-state index in [1.54, 1.807) is 39.0 Å². The second-order valence-electron chi connectivity index (χ2n) is 5.60. The van der Waals surface area contributed by atoms with Gasteiger partial charge in [0.1, 0.15) is 0 Å². The van der Waals surface area contributed by atoms with Gasteiger partial charge in [0.2, 0.25) is 0 Å². The molecule has 1 atom stereocenters. The minimum Gasteiger partial charge on any atom is -0.490 e. The van der Waals surface area contributed by atoms with Crippen molar-refractivity contribution in [3.63, 3.8) is 0 Å². The Bertz CT molecular complexity index is 509. The Kier molecular flexibility index (Phi) is 4.73. The molecule has 0 saturated carbocycles. The van der Waals surface area contributed by atoms with Crippen LogP contribution < -0.4 is 9.47 Å². The van der Waals surface area contributed by atoms with E-state index < -0.39 is 17.5 Å². The van der Waals surface area contributed by atoms with Crippen molar-refractivity contribution < 1.29 is 24.1 Å². The van der Waals surface area contributed by atoms with Gasteiger partial charge in [-0.1, -0.05) is 6.07 Å². The maximum absolute atomic E-state index is 12.0. The van der Waals surface area contributed by atoms with Crippen LogP contribution >= 0.6 is 0 Å². The highest BCUT2D eigenvalue weighted by atomic mass is 16.5. The van der Waals surface area contributed by atoms with Crippen molar-refractivity contribution >= 4 is 5.97 Å². The predicted octanol–water partition coefficient (Wildman–Crippen LogP) is 2.47. The van der Waals surface area contributed by atoms with Gasteiger partial charge < -0.3 is 19.3 Å². The molecule has 0 fully saturated rings. The van der Waals surface area contributed by atoms with Gasteiger partial charge in [-0.05, 0) is 38.5 Å². The summed E-state index contributed by atoms with van der Waals surface area (Å²) in [5, 5.41) is 10.5. The number of aliphatic hydroxyl groups is 1. The molecule has 1 aromatic carbocycles. The predicted molar refractivity (Wildman–Crippen MR) is 77.4 cm³/mol. The van der Waals surface area contributed by atoms with Gasteiger partial charge in [-0.15, -0.1) is 0 Å². The number of carbonyl (C=O) groups is 1. The topological polar surface area (TPSA) is 65.0 Å². The number of ether oxygens (including phenoxy) is 3. The number of carbonyl (C=O) groups excluding carboxylic acids is 1. The van der Waals surface area contributed by atoms with E-state index in [1.807, 2.05) is 0 Å². The van der Waals surface area contributed by atoms with Crippen molar-refractivity contribution in [2.24, 2.45) is 5.41 Å². The molecule has 1 heterocycles. The molecule has 0 bridgehead atoms. The van der Waals surface area contributed by atoms with Gasteiger partial charge in [-0.3, -0.25) is 4.79 Å². The van der Waals surface area contributed by atoms with Crippen molar-refractivity contribution in [1.29, 1.82) is 0 Å². The Morgan fingerprint density at radius 2 is 2.00 bits per heavy atom. The van der Waals surface area contributed by atoms with E-state index in [4.69, 9.17) is 14.2 Å². The van der Waals surface area contributed by atoms with Crippen molar-refractivity contribution in [2.75, 3.05) is 19.8 Å². The Balaban J connectivity index is 2.25. The van der Waals surface area contributed by atoms with E-state index in [9.17, 15) is 9.90 Å². The van der Waals surface area contributed by atoms with Gasteiger partial charge in [0, 0.05) is 6.42 Å². The SMILES string of the molecule is CCOC(=O)C(C)(C)C(O)c1ccc2c(c1)OCCCO2. The number of rotatable bonds is 4. The zero-order chi connectivity index (χ0) is 15.5. The van der Waals surface area contributed by atoms with Crippen LogP contribution in [-0.2, 0) is 9.53 Å². The summed E-state index contributed by atoms with van der Waals surface area (Å²) >= 11 is 0. The van der Waals surface area contributed by atoms with Crippen molar-refractivity contribution in [3.8, 4) is 11.5 Å². The van der Waals surface area contributed by atoms with Gasteiger partial charge >= 0.3 is 5.97 Å². The lowest BCUT2D eigenvalue weighted by Crippen LogP contribution is -2.33. The van der Waals surface area contributed by atoms with E-state index in [-0.39, 0.29) is 6.61 Å². The number of aliphatic hydroxyl groups excluding tert-OH is 1. The lowest BCUT2D eigenvalue weighted by molar-refractivity contribution is -0.160. The molecule has 0 aromatic heterocycles. The highest BCUT2D eigenvalue weighted by Crippen LogP contribution is 2.39. The molecule has 0 saturated heterocycles. The number of hydrogen-bond acceptors (Lipinski definition) is 5. The van der Waals surface area contributed by atoms with Crippen LogP contribution in [0.5, 0.6) is 11.5 Å². The minimum absolute atomic E-state index is 0.288. The lowest BCUT2D eigenvalue weighted by atomic mass is 9.82. The van der Waals surface area contributed by atoms with Crippen LogP contribution in [0, 0.1) is 5.41 Å². The maximum atomic E-state index is 12.0. The fourth-order valence-electron chi connectivity index (χ4n) is 2.20. The normalized spacial score (nSPS) is 16.0. The summed E-state index contributed by atoms with van der Waals surface area (Å²) < 4.78 is 16.2. The van der Waals surface area contributed by atoms with E-state index in [2.05, 4.69) is 0 Å². The third kappa shape index (κ3) is 3.29. The summed E-state index contributed by atoms with van der Waals surface area (Å²) in [6, 6.07) is 5.24. The largest absolute Gasteiger partial charge is 0.490 e. The average molecular weight is 294 g/mol. The molecule has 5 nitrogen and oxygen atoms in total. The summed E-state index contributed by atoms with van der Waals surface area (Å²) in [7, 11) is 0. The summed E-state index contributed by atoms with van der Waals surface area (Å²) in [4.78, 5) is 12.0. The Morgan fingerprint density at radius 3 is 2.67 bits per heavy atom. The molecule has 1 unspecified atom stereocenters. The van der Waals surface area contributed by atoms with E-state index in [0.717, 1.165) is 6.42 Å². The molecule has 0 amide bonds. The van der Waals surface area contributed by atoms with Crippen LogP contribution in [0.4, 0.5) is 0 Å². The smallest absolute Gasteiger partial charge is 0.314 e. The number of fused-ring (bicyclic) bond motifs is 1. The fraction of sp³-hybridized carbons (Fsp3) is 0.562. The Morgan fingerprint density at radius 1 is 1.33 bits per heavy atom. The van der Waals surface area contributed by atoms with Crippen LogP contribution in [0.3, 0.4) is 0 Å². The third-order valence-corrected chi connectivity index (χ3v) is 3.57. The van der Waals surface area contributed by atoms with Gasteiger partial charge in [-0.2, -0.15) is 0 Å². The first-order valence-electron chi connectivity index (χ1n) is 7.21. The molecular weight excluding hydrogens is 272 g/mol. The monoisotopic (exact) mass is 294 g/mol. The molecule has 1 aromatic rings. The standard InChI is InChI=1S/C16H22O5/c1-4-19-15(18)16(2,3)14(17)11-6-7-12-13(10-11)21-9-5-8-20-12/h6-7,10,14,17H,4-5,8-9H2,1-3H3. The van der Waals surface area contributed by atoms with Crippen molar-refractivity contribution in [2.45, 2.75) is 33.3 Å². The van der Waals surface area contributed by atoms with Crippen LogP contribution in [0.15, 0.2) is 18.2 Å². The number of hydrogen-bond donors (Lipinski definition) is 1. The second kappa shape index (κ2) is 6.35. The average Bonchev–Trinajstić information content (AvgIpc) is 2.71. The molecule has 0 spiro atoms. The number of esters is 1. The summed E-state index contributed by atoms with van der Waals surface area (Å²) in [5.74, 6) is 0.839. The van der Waals surface area contributed by atoms with Crippen LogP contribution in [0.1, 0.15) is 38.9 Å². The first-order valence-corrected chi connectivity index (χ1v) is 7.21. The molecule has 21 heavy (non-hydrogen) atoms. The molecule has 0 aliphatic carbocycles. The van der Waals surface area contributed by atoms with Gasteiger partial charge in [0.15, 0.2) is 11.5 Å². The molecule has 0 radical (unpaired) electrons. The molecule has 116 valence electrons. The fourth-order valence-corrected chi connectivity index (χ4v) is 2.20. The highest BCUT2D eigenvalue weighted by Gasteiger charge is 2.38. The zero-order valence-electron chi connectivity index (χ0n) is 12.7. The third-order valence-electron chi connectivity index (χ3n) is 3.57. The van der Waals surface area contributed by atoms with Crippen molar-refractivity contribution in [1.82, 2.24) is 0 Å². The molecule has 2 rings (SSSR count). The highest BCUT2D eigenvalue weighted by molar-refractivity contribution is 5.77. The first-order chi connectivity index (χ1) is 9.96. The molecular formula is C16H22O5. The lowest BCUT2D eigenvalue weighted by Gasteiger charge is -2.28. The molecule has 1 aliphatic heterocycles. The minimum atomic E-state index is -1.03. The first kappa shape index (κ1) is 15.6. The van der Waals surface area contributed by atoms with Gasteiger partial charge in [0.05, 0.1) is 31.3 Å². The summed E-state index contributed by atoms with van der Waals surface area (Å²) in [6.45, 7) is 6.55. The van der Waals surface area contributed by atoms with Crippen LogP contribution in [-0.4, -0.2) is 30.9 Å². The van der Waals surface area contributed by atoms with E-state index >= 15 is 0 Å². The zero-order valence-corrected chi connectivity index (χ0v) is 12.7. The van der Waals surface area contributed by atoms with E-state index in [0.29, 0.717) is 30.3 Å². The molecule has 1 N–H and O–H groups in total. The van der Waals surface area contributed by atoms with Gasteiger partial charge in [-0.25, -0.2) is 0 Å². The second-order valence-corrected chi connectivity index (χ2v) is 5.60. The van der Waals surface area contributed by atoms with Gasteiger partial charge in [0.25, 0.3) is 0 Å². The summed E-state index contributed by atoms with van der Waals surface area (Å²) in [5.41, 5.74) is -0.423. The number of benzene rings is 1. The van der Waals surface area contributed by atoms with E-state index in [1.165, 1.54) is 0 Å².